The zero-order valence-corrected chi connectivity index (χ0v) is 13.9. The molecule has 0 aliphatic carbocycles. The fourth-order valence-corrected chi connectivity index (χ4v) is 3.74. The summed E-state index contributed by atoms with van der Waals surface area (Å²) in [5, 5.41) is 0. The van der Waals surface area contributed by atoms with Crippen LogP contribution < -0.4 is 0 Å². The first-order valence-electron chi connectivity index (χ1n) is 8.32. The number of likely N-dealkylation sites (tertiary alicyclic amines) is 1. The Morgan fingerprint density at radius 3 is 2.91 bits per heavy atom. The quantitative estimate of drug-likeness (QED) is 0.852. The average Bonchev–Trinajstić information content (AvgIpc) is 2.92. The second kappa shape index (κ2) is 6.97. The molecular formula is C18H25FN2O2. The van der Waals surface area contributed by atoms with Crippen molar-refractivity contribution in [3.8, 4) is 0 Å². The largest absolute Gasteiger partial charge is 0.377 e. The highest BCUT2D eigenvalue weighted by atomic mass is 19.1. The molecular weight excluding hydrogens is 295 g/mol. The molecule has 0 spiro atoms. The predicted octanol–water partition coefficient (Wildman–Crippen LogP) is 2.14. The van der Waals surface area contributed by atoms with Gasteiger partial charge in [-0.3, -0.25) is 9.69 Å². The lowest BCUT2D eigenvalue weighted by molar-refractivity contribution is -0.131. The lowest BCUT2D eigenvalue weighted by Gasteiger charge is -2.35. The number of fused-ring (bicyclic) bond motifs is 1. The monoisotopic (exact) mass is 320 g/mol. The maximum Gasteiger partial charge on any atom is 0.224 e. The van der Waals surface area contributed by atoms with Crippen molar-refractivity contribution < 1.29 is 13.9 Å². The molecule has 0 radical (unpaired) electrons. The first-order chi connectivity index (χ1) is 11.0. The standard InChI is InChI=1S/C18H25FN2O2/c1-20(2)18(22)9-17-15-7-8-21(11-14(15)12-23-17)10-13-5-3-4-6-16(13)19/h3-6,14-15,17H,7-12H2,1-2H3/t14-,15-,17-/m1/s1. The van der Waals surface area contributed by atoms with E-state index in [2.05, 4.69) is 4.90 Å². The minimum Gasteiger partial charge on any atom is -0.377 e. The Bertz CT molecular complexity index is 564. The van der Waals surface area contributed by atoms with E-state index < -0.39 is 0 Å². The number of carbonyl (C=O) groups is 1. The van der Waals surface area contributed by atoms with Crippen molar-refractivity contribution in [2.45, 2.75) is 25.5 Å². The van der Waals surface area contributed by atoms with Gasteiger partial charge in [0.05, 0.1) is 19.1 Å². The van der Waals surface area contributed by atoms with Crippen LogP contribution in [0.1, 0.15) is 18.4 Å². The Morgan fingerprint density at radius 1 is 1.39 bits per heavy atom. The van der Waals surface area contributed by atoms with Crippen LogP contribution >= 0.6 is 0 Å². The normalized spacial score (nSPS) is 27.7. The zero-order valence-electron chi connectivity index (χ0n) is 13.9. The van der Waals surface area contributed by atoms with Crippen molar-refractivity contribution in [1.82, 2.24) is 9.80 Å². The SMILES string of the molecule is CN(C)C(=O)C[C@H]1OC[C@H]2CN(Cc3ccccc3F)CC[C@H]21. The van der Waals surface area contributed by atoms with Crippen LogP contribution in [0.3, 0.4) is 0 Å². The van der Waals surface area contributed by atoms with Crippen molar-refractivity contribution in [2.75, 3.05) is 33.8 Å². The molecule has 4 nitrogen and oxygen atoms in total. The number of hydrogen-bond acceptors (Lipinski definition) is 3. The highest BCUT2D eigenvalue weighted by Gasteiger charge is 2.41. The number of nitrogens with zero attached hydrogens (tertiary/aromatic N) is 2. The number of piperidine rings is 1. The molecule has 126 valence electrons. The summed E-state index contributed by atoms with van der Waals surface area (Å²) in [7, 11) is 3.57. The fraction of sp³-hybridized carbons (Fsp3) is 0.611. The van der Waals surface area contributed by atoms with E-state index in [0.717, 1.165) is 25.1 Å². The van der Waals surface area contributed by atoms with E-state index in [1.807, 2.05) is 12.1 Å². The van der Waals surface area contributed by atoms with E-state index in [1.54, 1.807) is 25.1 Å². The van der Waals surface area contributed by atoms with Crippen LogP contribution in [0.5, 0.6) is 0 Å². The first kappa shape index (κ1) is 16.4. The highest BCUT2D eigenvalue weighted by molar-refractivity contribution is 5.76. The molecule has 0 saturated carbocycles. The molecule has 0 N–H and O–H groups in total. The summed E-state index contributed by atoms with van der Waals surface area (Å²) in [6.45, 7) is 3.22. The molecule has 3 rings (SSSR count). The number of halogens is 1. The molecule has 1 amide bonds. The van der Waals surface area contributed by atoms with E-state index in [1.165, 1.54) is 6.07 Å². The molecule has 2 heterocycles. The Morgan fingerprint density at radius 2 is 2.17 bits per heavy atom. The summed E-state index contributed by atoms with van der Waals surface area (Å²) in [4.78, 5) is 15.8. The van der Waals surface area contributed by atoms with Gasteiger partial charge in [0.25, 0.3) is 0 Å². The Balaban J connectivity index is 1.56. The minimum atomic E-state index is -0.133. The van der Waals surface area contributed by atoms with Crippen molar-refractivity contribution in [3.05, 3.63) is 35.6 Å². The van der Waals surface area contributed by atoms with Gasteiger partial charge >= 0.3 is 0 Å². The van der Waals surface area contributed by atoms with Crippen LogP contribution in [0.25, 0.3) is 0 Å². The fourth-order valence-electron chi connectivity index (χ4n) is 3.74. The number of hydrogen-bond donors (Lipinski definition) is 0. The minimum absolute atomic E-state index is 0.0468. The number of benzene rings is 1. The summed E-state index contributed by atoms with van der Waals surface area (Å²) >= 11 is 0. The van der Waals surface area contributed by atoms with Crippen molar-refractivity contribution in [3.63, 3.8) is 0 Å². The van der Waals surface area contributed by atoms with Gasteiger partial charge in [0.2, 0.25) is 5.91 Å². The van der Waals surface area contributed by atoms with Gasteiger partial charge in [-0.2, -0.15) is 0 Å². The number of ether oxygens (including phenoxy) is 1. The van der Waals surface area contributed by atoms with Gasteiger partial charge in [-0.25, -0.2) is 4.39 Å². The average molecular weight is 320 g/mol. The van der Waals surface area contributed by atoms with Crippen molar-refractivity contribution in [1.29, 1.82) is 0 Å². The molecule has 0 bridgehead atoms. The number of amides is 1. The van der Waals surface area contributed by atoms with Gasteiger partial charge in [0.1, 0.15) is 5.82 Å². The van der Waals surface area contributed by atoms with Crippen LogP contribution in [0.15, 0.2) is 24.3 Å². The molecule has 0 aromatic heterocycles. The Labute approximate surface area is 137 Å². The lowest BCUT2D eigenvalue weighted by Crippen LogP contribution is -2.42. The Kier molecular flexibility index (Phi) is 4.97. The predicted molar refractivity (Wildman–Crippen MR) is 86.3 cm³/mol. The number of carbonyl (C=O) groups excluding carboxylic acids is 1. The molecule has 1 aromatic rings. The third kappa shape index (κ3) is 3.72. The molecule has 1 aromatic carbocycles. The number of rotatable bonds is 4. The summed E-state index contributed by atoms with van der Waals surface area (Å²) in [6.07, 6.45) is 1.54. The van der Waals surface area contributed by atoms with E-state index in [0.29, 0.717) is 31.4 Å². The molecule has 2 aliphatic rings. The van der Waals surface area contributed by atoms with Gasteiger partial charge in [-0.05, 0) is 24.9 Å². The van der Waals surface area contributed by atoms with Gasteiger partial charge in [0.15, 0.2) is 0 Å². The molecule has 2 saturated heterocycles. The maximum atomic E-state index is 13.8. The first-order valence-corrected chi connectivity index (χ1v) is 8.32. The van der Waals surface area contributed by atoms with Crippen LogP contribution in [0, 0.1) is 17.7 Å². The second-order valence-electron chi connectivity index (χ2n) is 6.90. The summed E-state index contributed by atoms with van der Waals surface area (Å²) in [5.41, 5.74) is 0.754. The van der Waals surface area contributed by atoms with Gasteiger partial charge in [-0.15, -0.1) is 0 Å². The smallest absolute Gasteiger partial charge is 0.224 e. The third-order valence-corrected chi connectivity index (χ3v) is 5.11. The van der Waals surface area contributed by atoms with E-state index in [-0.39, 0.29) is 17.8 Å². The second-order valence-corrected chi connectivity index (χ2v) is 6.90. The molecule has 2 fully saturated rings. The van der Waals surface area contributed by atoms with Crippen LogP contribution in [0.2, 0.25) is 0 Å². The van der Waals surface area contributed by atoms with Crippen molar-refractivity contribution in [2.24, 2.45) is 11.8 Å². The molecule has 5 heteroatoms. The summed E-state index contributed by atoms with van der Waals surface area (Å²) < 4.78 is 19.7. The maximum absolute atomic E-state index is 13.8. The van der Waals surface area contributed by atoms with Crippen molar-refractivity contribution >= 4 is 5.91 Å². The summed E-state index contributed by atoms with van der Waals surface area (Å²) in [6, 6.07) is 6.98. The Hall–Kier alpha value is -1.46. The third-order valence-electron chi connectivity index (χ3n) is 5.11. The lowest BCUT2D eigenvalue weighted by atomic mass is 9.83. The molecule has 3 atom stereocenters. The van der Waals surface area contributed by atoms with E-state index in [9.17, 15) is 9.18 Å². The van der Waals surface area contributed by atoms with Crippen LogP contribution in [0.4, 0.5) is 4.39 Å². The van der Waals surface area contributed by atoms with Gasteiger partial charge < -0.3 is 9.64 Å². The topological polar surface area (TPSA) is 32.8 Å². The van der Waals surface area contributed by atoms with Gasteiger partial charge in [0, 0.05) is 38.7 Å². The van der Waals surface area contributed by atoms with Crippen LogP contribution in [-0.4, -0.2) is 55.6 Å². The zero-order chi connectivity index (χ0) is 16.4. The van der Waals surface area contributed by atoms with E-state index >= 15 is 0 Å². The molecule has 23 heavy (non-hydrogen) atoms. The molecule has 0 unspecified atom stereocenters. The van der Waals surface area contributed by atoms with Gasteiger partial charge in [-0.1, -0.05) is 18.2 Å². The molecule has 2 aliphatic heterocycles. The van der Waals surface area contributed by atoms with E-state index in [4.69, 9.17) is 4.74 Å². The van der Waals surface area contributed by atoms with Crippen LogP contribution in [-0.2, 0) is 16.1 Å². The highest BCUT2D eigenvalue weighted by Crippen LogP contribution is 2.36. The summed E-state index contributed by atoms with van der Waals surface area (Å²) in [5.74, 6) is 0.905.